The third-order valence-electron chi connectivity index (χ3n) is 5.48. The molecular weight excluding hydrogens is 407 g/mol. The highest BCUT2D eigenvalue weighted by molar-refractivity contribution is 7.07. The van der Waals surface area contributed by atoms with Crippen LogP contribution >= 0.6 is 11.3 Å². The molecule has 3 atom stereocenters. The fourth-order valence-corrected chi connectivity index (χ4v) is 5.28. The zero-order chi connectivity index (χ0) is 21.0. The number of carbonyl (C=O) groups is 1. The molecule has 6 nitrogen and oxygen atoms in total. The largest absolute Gasteiger partial charge is 0.469 e. The van der Waals surface area contributed by atoms with Gasteiger partial charge in [-0.1, -0.05) is 41.7 Å². The number of hydrogen-bond acceptors (Lipinski definition) is 6. The van der Waals surface area contributed by atoms with Crippen molar-refractivity contribution in [3.05, 3.63) is 85.2 Å². The second-order valence-electron chi connectivity index (χ2n) is 7.38. The van der Waals surface area contributed by atoms with Gasteiger partial charge in [-0.05, 0) is 36.8 Å². The fourth-order valence-electron chi connectivity index (χ4n) is 4.18. The first-order valence-electron chi connectivity index (χ1n) is 9.35. The molecule has 1 aromatic heterocycles. The predicted molar refractivity (Wildman–Crippen MR) is 108 cm³/mol. The summed E-state index contributed by atoms with van der Waals surface area (Å²) in [5.74, 6) is -1.13. The van der Waals surface area contributed by atoms with Crippen molar-refractivity contribution in [3.63, 3.8) is 0 Å². The fraction of sp³-hybridized carbons (Fsp3) is 0.227. The molecule has 0 saturated carbocycles. The van der Waals surface area contributed by atoms with Crippen LogP contribution in [0.15, 0.2) is 58.3 Å². The van der Waals surface area contributed by atoms with E-state index in [0.29, 0.717) is 20.6 Å². The molecule has 0 unspecified atom stereocenters. The lowest BCUT2D eigenvalue weighted by atomic mass is 9.81. The maximum Gasteiger partial charge on any atom is 0.317 e. The van der Waals surface area contributed by atoms with Crippen LogP contribution in [0.1, 0.15) is 24.1 Å². The summed E-state index contributed by atoms with van der Waals surface area (Å²) in [5.41, 5.74) is -0.208. The Kier molecular flexibility index (Phi) is 4.14. The minimum atomic E-state index is -1.21. The highest BCUT2D eigenvalue weighted by atomic mass is 32.1. The summed E-state index contributed by atoms with van der Waals surface area (Å²) < 4.78 is 26.7. The number of carbonyl (C=O) groups excluding carboxylic acids is 1. The monoisotopic (exact) mass is 424 g/mol. The normalized spacial score (nSPS) is 24.3. The minimum Gasteiger partial charge on any atom is -0.469 e. The molecule has 30 heavy (non-hydrogen) atoms. The predicted octanol–water partition coefficient (Wildman–Crippen LogP) is 2.00. The maximum atomic E-state index is 13.6. The molecule has 2 bridgehead atoms. The van der Waals surface area contributed by atoms with Crippen LogP contribution in [0.3, 0.4) is 0 Å². The quantitative estimate of drug-likeness (QED) is 0.590. The van der Waals surface area contributed by atoms with Gasteiger partial charge in [0.25, 0.3) is 5.56 Å². The number of aromatic nitrogens is 1. The van der Waals surface area contributed by atoms with E-state index < -0.39 is 23.7 Å². The summed E-state index contributed by atoms with van der Waals surface area (Å²) in [6, 6.07) is 12.7. The number of rotatable bonds is 2. The number of esters is 1. The summed E-state index contributed by atoms with van der Waals surface area (Å²) in [7, 11) is 1.31. The number of benzene rings is 2. The van der Waals surface area contributed by atoms with Gasteiger partial charge in [-0.25, -0.2) is 9.38 Å². The zero-order valence-corrected chi connectivity index (χ0v) is 17.0. The molecule has 0 amide bonds. The molecule has 0 spiro atoms. The number of thiazole rings is 1. The van der Waals surface area contributed by atoms with Gasteiger partial charge in [-0.3, -0.25) is 14.2 Å². The van der Waals surface area contributed by atoms with Crippen LogP contribution in [0.2, 0.25) is 0 Å². The van der Waals surface area contributed by atoms with Gasteiger partial charge in [0.05, 0.1) is 17.7 Å². The van der Waals surface area contributed by atoms with E-state index in [9.17, 15) is 14.0 Å². The lowest BCUT2D eigenvalue weighted by Crippen LogP contribution is -2.58. The molecule has 0 saturated heterocycles. The van der Waals surface area contributed by atoms with Crippen LogP contribution in [-0.4, -0.2) is 23.4 Å². The molecule has 0 fully saturated rings. The molecule has 2 aliphatic rings. The van der Waals surface area contributed by atoms with Gasteiger partial charge >= 0.3 is 5.97 Å². The van der Waals surface area contributed by atoms with Crippen molar-refractivity contribution in [3.8, 4) is 5.75 Å². The van der Waals surface area contributed by atoms with Gasteiger partial charge in [0, 0.05) is 5.56 Å². The van der Waals surface area contributed by atoms with E-state index in [2.05, 4.69) is 4.99 Å². The summed E-state index contributed by atoms with van der Waals surface area (Å²) in [6.45, 7) is 1.72. The molecule has 8 heteroatoms. The Bertz CT molecular complexity index is 1360. The molecule has 2 aromatic carbocycles. The Labute approximate surface area is 174 Å². The van der Waals surface area contributed by atoms with Crippen molar-refractivity contribution in [1.29, 1.82) is 0 Å². The third kappa shape index (κ3) is 2.71. The highest BCUT2D eigenvalue weighted by Crippen LogP contribution is 2.47. The first-order valence-corrected chi connectivity index (χ1v) is 10.2. The van der Waals surface area contributed by atoms with E-state index in [0.717, 1.165) is 5.56 Å². The van der Waals surface area contributed by atoms with Crippen LogP contribution in [0.5, 0.6) is 5.75 Å². The molecule has 3 heterocycles. The molecule has 5 rings (SSSR count). The van der Waals surface area contributed by atoms with Crippen molar-refractivity contribution >= 4 is 23.4 Å². The Hall–Kier alpha value is -3.26. The number of hydrogen-bond donors (Lipinski definition) is 0. The molecule has 152 valence electrons. The molecule has 0 radical (unpaired) electrons. The van der Waals surface area contributed by atoms with Crippen LogP contribution < -0.4 is 19.6 Å². The van der Waals surface area contributed by atoms with Crippen molar-refractivity contribution in [1.82, 2.24) is 4.57 Å². The Balaban J connectivity index is 1.80. The minimum absolute atomic E-state index is 0.291. The molecular formula is C22H17FN2O4S. The Morgan fingerprint density at radius 2 is 2.10 bits per heavy atom. The SMILES string of the molecule is COC(=O)[C@H]1[C@H]2c3ccccc3O[C@]1(C)N=c1s/c(=C/c3cccc(F)c3)c(=O)n12. The van der Waals surface area contributed by atoms with E-state index >= 15 is 0 Å². The number of nitrogens with zero attached hydrogens (tertiary/aromatic N) is 2. The zero-order valence-electron chi connectivity index (χ0n) is 16.2. The van der Waals surface area contributed by atoms with Crippen molar-refractivity contribution < 1.29 is 18.7 Å². The summed E-state index contributed by atoms with van der Waals surface area (Å²) in [5, 5.41) is 0. The summed E-state index contributed by atoms with van der Waals surface area (Å²) >= 11 is 1.19. The topological polar surface area (TPSA) is 69.9 Å². The first kappa shape index (κ1) is 18.7. The molecule has 0 N–H and O–H groups in total. The van der Waals surface area contributed by atoms with E-state index in [1.807, 2.05) is 18.2 Å². The first-order chi connectivity index (χ1) is 14.4. The van der Waals surface area contributed by atoms with E-state index in [1.54, 1.807) is 31.2 Å². The van der Waals surface area contributed by atoms with Gasteiger partial charge in [0.15, 0.2) is 4.80 Å². The lowest BCUT2D eigenvalue weighted by molar-refractivity contribution is -0.158. The number of ether oxygens (including phenoxy) is 2. The van der Waals surface area contributed by atoms with Gasteiger partial charge in [0.1, 0.15) is 17.5 Å². The summed E-state index contributed by atoms with van der Waals surface area (Å²) in [4.78, 5) is 31.2. The average molecular weight is 424 g/mol. The number of halogens is 1. The van der Waals surface area contributed by atoms with Gasteiger partial charge in [-0.15, -0.1) is 0 Å². The van der Waals surface area contributed by atoms with Crippen LogP contribution in [0.4, 0.5) is 4.39 Å². The van der Waals surface area contributed by atoms with Gasteiger partial charge in [0.2, 0.25) is 5.72 Å². The number of methoxy groups -OCH3 is 1. The van der Waals surface area contributed by atoms with E-state index in [-0.39, 0.29) is 11.4 Å². The smallest absolute Gasteiger partial charge is 0.317 e. The van der Waals surface area contributed by atoms with Crippen LogP contribution in [-0.2, 0) is 9.53 Å². The summed E-state index contributed by atoms with van der Waals surface area (Å²) in [6.07, 6.45) is 1.63. The Morgan fingerprint density at radius 1 is 1.30 bits per heavy atom. The third-order valence-corrected chi connectivity index (χ3v) is 6.46. The molecule has 2 aliphatic heterocycles. The number of fused-ring (bicyclic) bond motifs is 6. The standard InChI is InChI=1S/C22H17FN2O4S/c1-22-17(20(27)28-2)18(14-8-3-4-9-15(14)29-22)25-19(26)16(30-21(25)24-22)11-12-6-5-7-13(23)10-12/h3-11,17-18H,1-2H3/b16-11+/t17-,18-,22+/m1/s1. The van der Waals surface area contributed by atoms with Gasteiger partial charge in [-0.2, -0.15) is 0 Å². The Morgan fingerprint density at radius 3 is 2.87 bits per heavy atom. The van der Waals surface area contributed by atoms with Gasteiger partial charge < -0.3 is 9.47 Å². The van der Waals surface area contributed by atoms with E-state index in [1.165, 1.54) is 35.1 Å². The maximum absolute atomic E-state index is 13.6. The van der Waals surface area contributed by atoms with Crippen LogP contribution in [0.25, 0.3) is 6.08 Å². The van der Waals surface area contributed by atoms with Crippen molar-refractivity contribution in [2.75, 3.05) is 7.11 Å². The van der Waals surface area contributed by atoms with Crippen LogP contribution in [0, 0.1) is 11.7 Å². The highest BCUT2D eigenvalue weighted by Gasteiger charge is 2.55. The second kappa shape index (κ2) is 6.63. The number of para-hydroxylation sites is 1. The van der Waals surface area contributed by atoms with Crippen molar-refractivity contribution in [2.24, 2.45) is 10.9 Å². The molecule has 0 aliphatic carbocycles. The van der Waals surface area contributed by atoms with E-state index in [4.69, 9.17) is 9.47 Å². The van der Waals surface area contributed by atoms with Crippen molar-refractivity contribution in [2.45, 2.75) is 18.7 Å². The second-order valence-corrected chi connectivity index (χ2v) is 8.38. The molecule has 3 aromatic rings. The lowest BCUT2D eigenvalue weighted by Gasteiger charge is -2.44. The average Bonchev–Trinajstić information content (AvgIpc) is 3.00.